The summed E-state index contributed by atoms with van der Waals surface area (Å²) in [7, 11) is 0. The average Bonchev–Trinajstić information content (AvgIpc) is 2.36. The van der Waals surface area contributed by atoms with E-state index in [0.717, 1.165) is 26.2 Å². The van der Waals surface area contributed by atoms with Crippen LogP contribution in [0.5, 0.6) is 5.88 Å². The molecule has 0 saturated heterocycles. The third-order valence-electron chi connectivity index (χ3n) is 2.52. The van der Waals surface area contributed by atoms with Gasteiger partial charge >= 0.3 is 0 Å². The first kappa shape index (κ1) is 13.7. The van der Waals surface area contributed by atoms with Crippen LogP contribution in [0.15, 0.2) is 12.3 Å². The van der Waals surface area contributed by atoms with Crippen LogP contribution in [0.1, 0.15) is 20.8 Å². The molecule has 17 heavy (non-hydrogen) atoms. The Kier molecular flexibility index (Phi) is 6.32. The van der Waals surface area contributed by atoms with Crippen LogP contribution >= 0.6 is 0 Å². The molecule has 1 N–H and O–H groups in total. The van der Waals surface area contributed by atoms with Gasteiger partial charge < -0.3 is 15.0 Å². The maximum absolute atomic E-state index is 5.59. The summed E-state index contributed by atoms with van der Waals surface area (Å²) in [5.74, 6) is 1.25. The Morgan fingerprint density at radius 2 is 2.06 bits per heavy atom. The number of anilines is 1. The number of hydrogen-bond donors (Lipinski definition) is 1. The summed E-state index contributed by atoms with van der Waals surface area (Å²) in [5, 5.41) is 3.06. The summed E-state index contributed by atoms with van der Waals surface area (Å²) in [6.45, 7) is 10.8. The molecule has 0 saturated carbocycles. The fourth-order valence-electron chi connectivity index (χ4n) is 1.48. The van der Waals surface area contributed by atoms with Gasteiger partial charge in [-0.05, 0) is 20.0 Å². The number of hydrogen-bond acceptors (Lipinski definition) is 5. The molecule has 1 aromatic rings. The first-order valence-electron chi connectivity index (χ1n) is 6.22. The predicted molar refractivity (Wildman–Crippen MR) is 69.5 cm³/mol. The molecular formula is C12H22N4O. The molecule has 1 aromatic heterocycles. The predicted octanol–water partition coefficient (Wildman–Crippen LogP) is 1.63. The Balaban J connectivity index is 2.38. The third kappa shape index (κ3) is 4.99. The number of nitrogens with zero attached hydrogens (tertiary/aromatic N) is 3. The van der Waals surface area contributed by atoms with Crippen molar-refractivity contribution in [1.29, 1.82) is 0 Å². The lowest BCUT2D eigenvalue weighted by Crippen LogP contribution is -2.28. The summed E-state index contributed by atoms with van der Waals surface area (Å²) >= 11 is 0. The maximum atomic E-state index is 5.59. The van der Waals surface area contributed by atoms with Crippen LogP contribution in [0.25, 0.3) is 0 Å². The normalized spacial score (nSPS) is 10.6. The second-order valence-corrected chi connectivity index (χ2v) is 3.62. The standard InChI is InChI=1S/C12H22N4O/c1-4-13-12-14-8-7-11(15-12)17-10-9-16(5-2)6-3/h7-8H,4-6,9-10H2,1-3H3,(H,13,14,15). The Bertz CT molecular complexity index is 315. The van der Waals surface area contributed by atoms with E-state index in [4.69, 9.17) is 4.74 Å². The SMILES string of the molecule is CCNc1nccc(OCCN(CC)CC)n1. The Labute approximate surface area is 103 Å². The van der Waals surface area contributed by atoms with Gasteiger partial charge in [0.05, 0.1) is 0 Å². The van der Waals surface area contributed by atoms with Crippen LogP contribution in [0.2, 0.25) is 0 Å². The van der Waals surface area contributed by atoms with Crippen molar-refractivity contribution in [3.8, 4) is 5.88 Å². The zero-order valence-corrected chi connectivity index (χ0v) is 10.9. The van der Waals surface area contributed by atoms with Crippen molar-refractivity contribution in [3.63, 3.8) is 0 Å². The molecule has 0 amide bonds. The van der Waals surface area contributed by atoms with E-state index in [1.807, 2.05) is 6.92 Å². The summed E-state index contributed by atoms with van der Waals surface area (Å²) in [5.41, 5.74) is 0. The monoisotopic (exact) mass is 238 g/mol. The molecule has 0 unspecified atom stereocenters. The molecule has 0 aliphatic carbocycles. The van der Waals surface area contributed by atoms with Gasteiger partial charge in [0.2, 0.25) is 11.8 Å². The lowest BCUT2D eigenvalue weighted by Gasteiger charge is -2.17. The second-order valence-electron chi connectivity index (χ2n) is 3.62. The van der Waals surface area contributed by atoms with Crippen molar-refractivity contribution in [3.05, 3.63) is 12.3 Å². The Morgan fingerprint density at radius 1 is 1.29 bits per heavy atom. The topological polar surface area (TPSA) is 50.3 Å². The van der Waals surface area contributed by atoms with E-state index in [9.17, 15) is 0 Å². The van der Waals surface area contributed by atoms with Crippen molar-refractivity contribution in [2.24, 2.45) is 0 Å². The molecule has 0 spiro atoms. The first-order chi connectivity index (χ1) is 8.30. The highest BCUT2D eigenvalue weighted by atomic mass is 16.5. The third-order valence-corrected chi connectivity index (χ3v) is 2.52. The average molecular weight is 238 g/mol. The number of likely N-dealkylation sites (N-methyl/N-ethyl adjacent to an activating group) is 1. The molecule has 1 heterocycles. The minimum absolute atomic E-state index is 0.618. The number of rotatable bonds is 8. The van der Waals surface area contributed by atoms with Crippen LogP contribution in [0.4, 0.5) is 5.95 Å². The largest absolute Gasteiger partial charge is 0.476 e. The minimum Gasteiger partial charge on any atom is -0.476 e. The van der Waals surface area contributed by atoms with Crippen LogP contribution in [0, 0.1) is 0 Å². The zero-order valence-electron chi connectivity index (χ0n) is 10.9. The van der Waals surface area contributed by atoms with E-state index in [0.29, 0.717) is 18.4 Å². The highest BCUT2D eigenvalue weighted by molar-refractivity contribution is 5.26. The van der Waals surface area contributed by atoms with Gasteiger partial charge in [-0.1, -0.05) is 13.8 Å². The van der Waals surface area contributed by atoms with Crippen molar-refractivity contribution in [2.45, 2.75) is 20.8 Å². The Hall–Kier alpha value is -1.36. The van der Waals surface area contributed by atoms with E-state index in [2.05, 4.69) is 34.0 Å². The molecule has 0 bridgehead atoms. The van der Waals surface area contributed by atoms with E-state index >= 15 is 0 Å². The minimum atomic E-state index is 0.618. The van der Waals surface area contributed by atoms with Gasteiger partial charge in [-0.2, -0.15) is 4.98 Å². The molecule has 0 atom stereocenters. The smallest absolute Gasteiger partial charge is 0.225 e. The zero-order chi connectivity index (χ0) is 12.5. The molecule has 5 nitrogen and oxygen atoms in total. The number of nitrogens with one attached hydrogen (secondary N) is 1. The molecular weight excluding hydrogens is 216 g/mol. The van der Waals surface area contributed by atoms with Crippen LogP contribution in [-0.4, -0.2) is 47.7 Å². The van der Waals surface area contributed by atoms with Crippen molar-refractivity contribution in [1.82, 2.24) is 14.9 Å². The van der Waals surface area contributed by atoms with Crippen LogP contribution in [0.3, 0.4) is 0 Å². The van der Waals surface area contributed by atoms with E-state index in [1.54, 1.807) is 12.3 Å². The fraction of sp³-hybridized carbons (Fsp3) is 0.667. The summed E-state index contributed by atoms with van der Waals surface area (Å²) in [6.07, 6.45) is 1.71. The highest BCUT2D eigenvalue weighted by Crippen LogP contribution is 2.07. The lowest BCUT2D eigenvalue weighted by atomic mass is 10.5. The summed E-state index contributed by atoms with van der Waals surface area (Å²) in [4.78, 5) is 10.7. The first-order valence-corrected chi connectivity index (χ1v) is 6.22. The van der Waals surface area contributed by atoms with Gasteiger partial charge in [-0.15, -0.1) is 0 Å². The quantitative estimate of drug-likeness (QED) is 0.746. The van der Waals surface area contributed by atoms with Gasteiger partial charge in [0.1, 0.15) is 6.61 Å². The lowest BCUT2D eigenvalue weighted by molar-refractivity contribution is 0.218. The van der Waals surface area contributed by atoms with Gasteiger partial charge in [0, 0.05) is 25.4 Å². The molecule has 96 valence electrons. The highest BCUT2D eigenvalue weighted by Gasteiger charge is 2.01. The summed E-state index contributed by atoms with van der Waals surface area (Å²) in [6, 6.07) is 1.78. The van der Waals surface area contributed by atoms with Crippen molar-refractivity contribution < 1.29 is 4.74 Å². The number of ether oxygens (including phenoxy) is 1. The molecule has 0 aromatic carbocycles. The second kappa shape index (κ2) is 7.84. The molecule has 5 heteroatoms. The van der Waals surface area contributed by atoms with Crippen molar-refractivity contribution >= 4 is 5.95 Å². The van der Waals surface area contributed by atoms with E-state index in [1.165, 1.54) is 0 Å². The van der Waals surface area contributed by atoms with Crippen LogP contribution in [-0.2, 0) is 0 Å². The summed E-state index contributed by atoms with van der Waals surface area (Å²) < 4.78 is 5.59. The molecule has 1 rings (SSSR count). The molecule has 0 fully saturated rings. The molecule has 0 aliphatic heterocycles. The van der Waals surface area contributed by atoms with Crippen LogP contribution < -0.4 is 10.1 Å². The van der Waals surface area contributed by atoms with Gasteiger partial charge in [-0.25, -0.2) is 4.98 Å². The van der Waals surface area contributed by atoms with Gasteiger partial charge in [-0.3, -0.25) is 0 Å². The van der Waals surface area contributed by atoms with Crippen molar-refractivity contribution in [2.75, 3.05) is 38.1 Å². The Morgan fingerprint density at radius 3 is 2.71 bits per heavy atom. The van der Waals surface area contributed by atoms with E-state index < -0.39 is 0 Å². The molecule has 0 radical (unpaired) electrons. The van der Waals surface area contributed by atoms with Gasteiger partial charge in [0.25, 0.3) is 0 Å². The number of aromatic nitrogens is 2. The van der Waals surface area contributed by atoms with Gasteiger partial charge in [0.15, 0.2) is 0 Å². The fourth-order valence-corrected chi connectivity index (χ4v) is 1.48. The maximum Gasteiger partial charge on any atom is 0.225 e. The molecule has 0 aliphatic rings. The van der Waals surface area contributed by atoms with E-state index in [-0.39, 0.29) is 0 Å².